The first-order chi connectivity index (χ1) is 11.8. The number of nitrogens with one attached hydrogen (secondary N) is 2. The number of fused-ring (bicyclic) bond motifs is 1. The Kier molecular flexibility index (Phi) is 4.24. The van der Waals surface area contributed by atoms with Gasteiger partial charge in [-0.1, -0.05) is 12.1 Å². The second kappa shape index (κ2) is 6.23. The summed E-state index contributed by atoms with van der Waals surface area (Å²) in [6.45, 7) is 7.97. The normalized spacial score (nSPS) is 15.4. The highest BCUT2D eigenvalue weighted by atomic mass is 16.2. The lowest BCUT2D eigenvalue weighted by Crippen LogP contribution is -2.47. The number of carbonyl (C=O) groups excluding carboxylic acids is 2. The third-order valence-electron chi connectivity index (χ3n) is 4.06. The zero-order valence-electron chi connectivity index (χ0n) is 14.9. The first-order valence-electron chi connectivity index (χ1n) is 8.27. The summed E-state index contributed by atoms with van der Waals surface area (Å²) in [6, 6.07) is 6.81. The van der Waals surface area contributed by atoms with Gasteiger partial charge in [0.05, 0.1) is 28.8 Å². The molecule has 2 aromatic rings. The molecule has 0 bridgehead atoms. The average molecular weight is 341 g/mol. The highest BCUT2D eigenvalue weighted by molar-refractivity contribution is 6.11. The number of hydrogen-bond donors (Lipinski definition) is 2. The summed E-state index contributed by atoms with van der Waals surface area (Å²) in [4.78, 5) is 26.3. The summed E-state index contributed by atoms with van der Waals surface area (Å²) in [5.41, 5.74) is 2.01. The van der Waals surface area contributed by atoms with E-state index in [1.807, 2.05) is 29.1 Å². The van der Waals surface area contributed by atoms with Crippen molar-refractivity contribution in [2.45, 2.75) is 39.3 Å². The Bertz CT molecular complexity index is 806. The molecule has 2 amide bonds. The van der Waals surface area contributed by atoms with Crippen LogP contribution >= 0.6 is 0 Å². The molecule has 0 spiro atoms. The third kappa shape index (κ3) is 3.50. The first-order valence-corrected chi connectivity index (χ1v) is 8.27. The van der Waals surface area contributed by atoms with Gasteiger partial charge >= 0.3 is 0 Å². The van der Waals surface area contributed by atoms with Gasteiger partial charge in [0, 0.05) is 6.20 Å². The van der Waals surface area contributed by atoms with E-state index in [0.717, 1.165) is 5.69 Å². The number of benzene rings is 1. The highest BCUT2D eigenvalue weighted by Crippen LogP contribution is 2.29. The van der Waals surface area contributed by atoms with Crippen molar-refractivity contribution >= 4 is 28.9 Å². The standard InChI is InChI=1S/C18H23N5O2/c1-12(20-13-9-19-23(10-13)18(2,3)4)17(25)22-11-16(24)21-14-7-5-6-8-15(14)22/h5-10,12,20H,11H2,1-4H3,(H,21,24). The SMILES string of the molecule is CC(Nc1cnn(C(C)(C)C)c1)C(=O)N1CC(=O)Nc2ccccc21. The topological polar surface area (TPSA) is 79.3 Å². The monoisotopic (exact) mass is 341 g/mol. The molecule has 132 valence electrons. The van der Waals surface area contributed by atoms with Crippen molar-refractivity contribution in [3.8, 4) is 0 Å². The number of nitrogens with zero attached hydrogens (tertiary/aromatic N) is 3. The molecule has 1 atom stereocenters. The summed E-state index contributed by atoms with van der Waals surface area (Å²) in [5, 5.41) is 10.3. The van der Waals surface area contributed by atoms with Gasteiger partial charge in [0.25, 0.3) is 0 Å². The molecule has 3 rings (SSSR count). The van der Waals surface area contributed by atoms with E-state index in [0.29, 0.717) is 11.4 Å². The van der Waals surface area contributed by atoms with Crippen molar-refractivity contribution in [1.29, 1.82) is 0 Å². The Morgan fingerprint density at radius 2 is 2.04 bits per heavy atom. The van der Waals surface area contributed by atoms with Crippen LogP contribution < -0.4 is 15.5 Å². The van der Waals surface area contributed by atoms with Crippen LogP contribution in [0.4, 0.5) is 17.1 Å². The molecule has 2 heterocycles. The molecule has 7 nitrogen and oxygen atoms in total. The van der Waals surface area contributed by atoms with Crippen LogP contribution in [0.5, 0.6) is 0 Å². The zero-order chi connectivity index (χ0) is 18.2. The Morgan fingerprint density at radius 3 is 2.72 bits per heavy atom. The second-order valence-electron chi connectivity index (χ2n) is 7.20. The lowest BCUT2D eigenvalue weighted by atomic mass is 10.1. The van der Waals surface area contributed by atoms with Crippen molar-refractivity contribution < 1.29 is 9.59 Å². The minimum atomic E-state index is -0.489. The zero-order valence-corrected chi connectivity index (χ0v) is 14.9. The van der Waals surface area contributed by atoms with Crippen molar-refractivity contribution in [3.05, 3.63) is 36.7 Å². The summed E-state index contributed by atoms with van der Waals surface area (Å²) < 4.78 is 1.84. The molecule has 1 aliphatic rings. The summed E-state index contributed by atoms with van der Waals surface area (Å²) in [6.07, 6.45) is 3.58. The quantitative estimate of drug-likeness (QED) is 0.899. The van der Waals surface area contributed by atoms with Crippen LogP contribution in [0.3, 0.4) is 0 Å². The maximum Gasteiger partial charge on any atom is 0.249 e. The number of aromatic nitrogens is 2. The van der Waals surface area contributed by atoms with Crippen LogP contribution in [-0.2, 0) is 15.1 Å². The summed E-state index contributed by atoms with van der Waals surface area (Å²) in [5.74, 6) is -0.356. The van der Waals surface area contributed by atoms with E-state index < -0.39 is 6.04 Å². The molecule has 0 saturated carbocycles. The summed E-state index contributed by atoms with van der Waals surface area (Å²) >= 11 is 0. The van der Waals surface area contributed by atoms with Gasteiger partial charge in [-0.2, -0.15) is 5.10 Å². The van der Waals surface area contributed by atoms with Gasteiger partial charge in [0.15, 0.2) is 0 Å². The van der Waals surface area contributed by atoms with Crippen LogP contribution in [0.2, 0.25) is 0 Å². The van der Waals surface area contributed by atoms with Crippen LogP contribution in [-0.4, -0.2) is 34.2 Å². The van der Waals surface area contributed by atoms with E-state index in [-0.39, 0.29) is 23.9 Å². The lowest BCUT2D eigenvalue weighted by Gasteiger charge is -2.31. The number of carbonyl (C=O) groups is 2. The smallest absolute Gasteiger partial charge is 0.249 e. The molecule has 0 aliphatic carbocycles. The number of para-hydroxylation sites is 2. The molecule has 7 heteroatoms. The highest BCUT2D eigenvalue weighted by Gasteiger charge is 2.29. The van der Waals surface area contributed by atoms with Gasteiger partial charge in [-0.15, -0.1) is 0 Å². The molecule has 0 fully saturated rings. The van der Waals surface area contributed by atoms with Crippen molar-refractivity contribution in [1.82, 2.24) is 9.78 Å². The van der Waals surface area contributed by atoms with E-state index in [9.17, 15) is 9.59 Å². The van der Waals surface area contributed by atoms with Gasteiger partial charge in [-0.25, -0.2) is 0 Å². The Labute approximate surface area is 147 Å². The Morgan fingerprint density at radius 1 is 1.32 bits per heavy atom. The van der Waals surface area contributed by atoms with E-state index in [4.69, 9.17) is 0 Å². The molecule has 0 saturated heterocycles. The Hall–Kier alpha value is -2.83. The lowest BCUT2D eigenvalue weighted by molar-refractivity contribution is -0.122. The average Bonchev–Trinajstić information content (AvgIpc) is 3.02. The molecule has 1 aliphatic heterocycles. The van der Waals surface area contributed by atoms with Crippen molar-refractivity contribution in [2.75, 3.05) is 22.1 Å². The van der Waals surface area contributed by atoms with Crippen molar-refractivity contribution in [3.63, 3.8) is 0 Å². The minimum Gasteiger partial charge on any atom is -0.371 e. The fraction of sp³-hybridized carbons (Fsp3) is 0.389. The fourth-order valence-corrected chi connectivity index (χ4v) is 2.74. The second-order valence-corrected chi connectivity index (χ2v) is 7.20. The van der Waals surface area contributed by atoms with Crippen LogP contribution in [0, 0.1) is 0 Å². The van der Waals surface area contributed by atoms with Gasteiger partial charge in [-0.3, -0.25) is 19.2 Å². The molecule has 0 radical (unpaired) electrons. The van der Waals surface area contributed by atoms with Crippen molar-refractivity contribution in [2.24, 2.45) is 0 Å². The van der Waals surface area contributed by atoms with Gasteiger partial charge in [0.2, 0.25) is 11.8 Å². The van der Waals surface area contributed by atoms with Gasteiger partial charge < -0.3 is 10.6 Å². The van der Waals surface area contributed by atoms with E-state index in [1.54, 1.807) is 19.2 Å². The predicted molar refractivity (Wildman–Crippen MR) is 97.7 cm³/mol. The maximum absolute atomic E-state index is 12.9. The van der Waals surface area contributed by atoms with E-state index >= 15 is 0 Å². The molecule has 2 N–H and O–H groups in total. The maximum atomic E-state index is 12.9. The molecular weight excluding hydrogens is 318 g/mol. The number of hydrogen-bond acceptors (Lipinski definition) is 4. The van der Waals surface area contributed by atoms with Crippen LogP contribution in [0.25, 0.3) is 0 Å². The largest absolute Gasteiger partial charge is 0.371 e. The number of anilines is 3. The molecule has 25 heavy (non-hydrogen) atoms. The number of rotatable bonds is 3. The fourth-order valence-electron chi connectivity index (χ4n) is 2.74. The minimum absolute atomic E-state index is 0.0170. The predicted octanol–water partition coefficient (Wildman–Crippen LogP) is 2.42. The summed E-state index contributed by atoms with van der Waals surface area (Å²) in [7, 11) is 0. The molecular formula is C18H23N5O2. The van der Waals surface area contributed by atoms with E-state index in [1.165, 1.54) is 4.90 Å². The Balaban J connectivity index is 1.77. The molecule has 1 aromatic heterocycles. The van der Waals surface area contributed by atoms with E-state index in [2.05, 4.69) is 36.5 Å². The van der Waals surface area contributed by atoms with Crippen LogP contribution in [0.1, 0.15) is 27.7 Å². The third-order valence-corrected chi connectivity index (χ3v) is 4.06. The molecule has 1 unspecified atom stereocenters. The van der Waals surface area contributed by atoms with Gasteiger partial charge in [-0.05, 0) is 39.8 Å². The number of amides is 2. The van der Waals surface area contributed by atoms with Crippen LogP contribution in [0.15, 0.2) is 36.7 Å². The first kappa shape index (κ1) is 17.0. The molecule has 1 aromatic carbocycles. The van der Waals surface area contributed by atoms with Gasteiger partial charge in [0.1, 0.15) is 12.6 Å².